The Kier molecular flexibility index (Phi) is 5.50. The average Bonchev–Trinajstić information content (AvgIpc) is 2.86. The highest BCUT2D eigenvalue weighted by molar-refractivity contribution is 5.28. The molecule has 2 rings (SSSR count). The maximum absolute atomic E-state index is 10.7. The summed E-state index contributed by atoms with van der Waals surface area (Å²) in [6, 6.07) is 10.2. The number of methoxy groups -OCH3 is 1. The summed E-state index contributed by atoms with van der Waals surface area (Å²) in [6.45, 7) is 8.19. The van der Waals surface area contributed by atoms with E-state index in [-0.39, 0.29) is 6.04 Å². The molecule has 2 N–H and O–H groups in total. The lowest BCUT2D eigenvalue weighted by atomic mass is 9.95. The van der Waals surface area contributed by atoms with Crippen molar-refractivity contribution in [3.8, 4) is 5.75 Å². The molecule has 23 heavy (non-hydrogen) atoms. The minimum atomic E-state index is -0.948. The molecule has 126 valence electrons. The van der Waals surface area contributed by atoms with Gasteiger partial charge in [0, 0.05) is 18.2 Å². The number of rotatable bonds is 7. The summed E-state index contributed by atoms with van der Waals surface area (Å²) in [6.07, 6.45) is 0.892. The van der Waals surface area contributed by atoms with E-state index < -0.39 is 5.60 Å². The molecule has 2 unspecified atom stereocenters. The first kappa shape index (κ1) is 17.6. The molecule has 1 heterocycles. The number of nitrogens with one attached hydrogen (secondary N) is 1. The van der Waals surface area contributed by atoms with Crippen molar-refractivity contribution in [2.45, 2.75) is 45.8 Å². The van der Waals surface area contributed by atoms with Crippen LogP contribution in [0.2, 0.25) is 0 Å². The number of furan rings is 1. The second kappa shape index (κ2) is 7.20. The van der Waals surface area contributed by atoms with Gasteiger partial charge in [0.05, 0.1) is 7.11 Å². The standard InChI is InChI=1S/C19H27NO3/c1-13(10-16-6-8-17(22-5)9-7-16)20-12-19(4,21)18-11-14(2)23-15(18)3/h6-9,11,13,20-21H,10,12H2,1-5H3. The van der Waals surface area contributed by atoms with E-state index in [4.69, 9.17) is 9.15 Å². The highest BCUT2D eigenvalue weighted by Crippen LogP contribution is 2.26. The van der Waals surface area contributed by atoms with Gasteiger partial charge in [-0.3, -0.25) is 0 Å². The quantitative estimate of drug-likeness (QED) is 0.822. The molecule has 0 bridgehead atoms. The molecular weight excluding hydrogens is 290 g/mol. The van der Waals surface area contributed by atoms with E-state index in [0.717, 1.165) is 29.3 Å². The number of aryl methyl sites for hydroxylation is 2. The summed E-state index contributed by atoms with van der Waals surface area (Å²) < 4.78 is 10.7. The third-order valence-electron chi connectivity index (χ3n) is 4.12. The molecule has 4 heteroatoms. The zero-order valence-corrected chi connectivity index (χ0v) is 14.6. The maximum Gasteiger partial charge on any atom is 0.118 e. The fourth-order valence-corrected chi connectivity index (χ4v) is 2.82. The molecule has 0 aliphatic heterocycles. The molecule has 2 aromatic rings. The molecule has 1 aromatic carbocycles. The second-order valence-electron chi connectivity index (χ2n) is 6.43. The molecule has 1 aromatic heterocycles. The minimum absolute atomic E-state index is 0.253. The van der Waals surface area contributed by atoms with Crippen molar-refractivity contribution < 1.29 is 14.3 Å². The van der Waals surface area contributed by atoms with Gasteiger partial charge in [0.15, 0.2) is 0 Å². The minimum Gasteiger partial charge on any atom is -0.497 e. The largest absolute Gasteiger partial charge is 0.497 e. The molecular formula is C19H27NO3. The Hall–Kier alpha value is -1.78. The van der Waals surface area contributed by atoms with E-state index in [9.17, 15) is 5.11 Å². The van der Waals surface area contributed by atoms with E-state index in [1.165, 1.54) is 5.56 Å². The first-order chi connectivity index (χ1) is 10.8. The Labute approximate surface area is 138 Å². The van der Waals surface area contributed by atoms with Crippen LogP contribution in [-0.2, 0) is 12.0 Å². The fraction of sp³-hybridized carbons (Fsp3) is 0.474. The van der Waals surface area contributed by atoms with Crippen LogP contribution in [0.1, 0.15) is 36.5 Å². The van der Waals surface area contributed by atoms with Gasteiger partial charge >= 0.3 is 0 Å². The van der Waals surface area contributed by atoms with Crippen LogP contribution in [0, 0.1) is 13.8 Å². The van der Waals surface area contributed by atoms with E-state index >= 15 is 0 Å². The van der Waals surface area contributed by atoms with E-state index in [1.807, 2.05) is 39.0 Å². The average molecular weight is 317 g/mol. The Morgan fingerprint density at radius 1 is 1.26 bits per heavy atom. The van der Waals surface area contributed by atoms with Crippen LogP contribution in [0.15, 0.2) is 34.7 Å². The normalized spacial score (nSPS) is 15.2. The lowest BCUT2D eigenvalue weighted by Crippen LogP contribution is -2.40. The summed E-state index contributed by atoms with van der Waals surface area (Å²) in [5, 5.41) is 14.1. The first-order valence-electron chi connectivity index (χ1n) is 7.98. The van der Waals surface area contributed by atoms with Gasteiger partial charge in [-0.25, -0.2) is 0 Å². The van der Waals surface area contributed by atoms with Crippen LogP contribution in [0.3, 0.4) is 0 Å². The fourth-order valence-electron chi connectivity index (χ4n) is 2.82. The third-order valence-corrected chi connectivity index (χ3v) is 4.12. The SMILES string of the molecule is COc1ccc(CC(C)NCC(C)(O)c2cc(C)oc2C)cc1. The number of benzene rings is 1. The zero-order chi connectivity index (χ0) is 17.0. The molecule has 0 saturated carbocycles. The zero-order valence-electron chi connectivity index (χ0n) is 14.6. The van der Waals surface area contributed by atoms with Gasteiger partial charge in [-0.15, -0.1) is 0 Å². The molecule has 0 radical (unpaired) electrons. The van der Waals surface area contributed by atoms with Crippen molar-refractivity contribution in [3.63, 3.8) is 0 Å². The Morgan fingerprint density at radius 3 is 2.43 bits per heavy atom. The van der Waals surface area contributed by atoms with Crippen molar-refractivity contribution in [3.05, 3.63) is 53.0 Å². The van der Waals surface area contributed by atoms with Crippen molar-refractivity contribution in [1.82, 2.24) is 5.32 Å². The highest BCUT2D eigenvalue weighted by Gasteiger charge is 2.27. The van der Waals surface area contributed by atoms with Crippen molar-refractivity contribution >= 4 is 0 Å². The van der Waals surface area contributed by atoms with Crippen LogP contribution in [0.4, 0.5) is 0 Å². The van der Waals surface area contributed by atoms with E-state index in [0.29, 0.717) is 6.54 Å². The number of hydrogen-bond acceptors (Lipinski definition) is 4. The number of hydrogen-bond donors (Lipinski definition) is 2. The van der Waals surface area contributed by atoms with Gasteiger partial charge in [0.25, 0.3) is 0 Å². The second-order valence-corrected chi connectivity index (χ2v) is 6.43. The number of aliphatic hydroxyl groups is 1. The van der Waals surface area contributed by atoms with Crippen LogP contribution < -0.4 is 10.1 Å². The van der Waals surface area contributed by atoms with Crippen molar-refractivity contribution in [1.29, 1.82) is 0 Å². The molecule has 4 nitrogen and oxygen atoms in total. The predicted octanol–water partition coefficient (Wildman–Crippen LogP) is 3.33. The molecule has 0 spiro atoms. The Balaban J connectivity index is 1.92. The predicted molar refractivity (Wildman–Crippen MR) is 91.9 cm³/mol. The summed E-state index contributed by atoms with van der Waals surface area (Å²) in [5.41, 5.74) is 1.13. The monoisotopic (exact) mass is 317 g/mol. The summed E-state index contributed by atoms with van der Waals surface area (Å²) >= 11 is 0. The van der Waals surface area contributed by atoms with Crippen LogP contribution >= 0.6 is 0 Å². The van der Waals surface area contributed by atoms with Crippen molar-refractivity contribution in [2.75, 3.05) is 13.7 Å². The van der Waals surface area contributed by atoms with Crippen LogP contribution in [0.25, 0.3) is 0 Å². The maximum atomic E-state index is 10.7. The molecule has 2 atom stereocenters. The molecule has 0 amide bonds. The highest BCUT2D eigenvalue weighted by atomic mass is 16.5. The summed E-state index contributed by atoms with van der Waals surface area (Å²) in [7, 11) is 1.67. The van der Waals surface area contributed by atoms with Gasteiger partial charge in [0.1, 0.15) is 22.9 Å². The smallest absolute Gasteiger partial charge is 0.118 e. The third kappa shape index (κ3) is 4.60. The topological polar surface area (TPSA) is 54.6 Å². The molecule has 0 aliphatic rings. The van der Waals surface area contributed by atoms with Crippen LogP contribution in [-0.4, -0.2) is 24.8 Å². The lowest BCUT2D eigenvalue weighted by Gasteiger charge is -2.26. The molecule has 0 saturated heterocycles. The molecule has 0 fully saturated rings. The van der Waals surface area contributed by atoms with Gasteiger partial charge in [-0.1, -0.05) is 12.1 Å². The van der Waals surface area contributed by atoms with Gasteiger partial charge in [-0.2, -0.15) is 0 Å². The summed E-state index contributed by atoms with van der Waals surface area (Å²) in [5.74, 6) is 2.46. The van der Waals surface area contributed by atoms with E-state index in [2.05, 4.69) is 24.4 Å². The van der Waals surface area contributed by atoms with E-state index in [1.54, 1.807) is 7.11 Å². The number of ether oxygens (including phenoxy) is 1. The van der Waals surface area contributed by atoms with Gasteiger partial charge < -0.3 is 19.6 Å². The van der Waals surface area contributed by atoms with Crippen molar-refractivity contribution in [2.24, 2.45) is 0 Å². The molecule has 0 aliphatic carbocycles. The summed E-state index contributed by atoms with van der Waals surface area (Å²) in [4.78, 5) is 0. The van der Waals surface area contributed by atoms with Gasteiger partial charge in [0.2, 0.25) is 0 Å². The Morgan fingerprint density at radius 2 is 1.91 bits per heavy atom. The van der Waals surface area contributed by atoms with Crippen LogP contribution in [0.5, 0.6) is 5.75 Å². The van der Waals surface area contributed by atoms with Gasteiger partial charge in [-0.05, 0) is 57.9 Å². The first-order valence-corrected chi connectivity index (χ1v) is 7.98. The lowest BCUT2D eigenvalue weighted by molar-refractivity contribution is 0.0529. The Bertz CT molecular complexity index is 629.